The molecule has 34 heavy (non-hydrogen) atoms. The van der Waals surface area contributed by atoms with Crippen molar-refractivity contribution in [2.75, 3.05) is 18.0 Å². The van der Waals surface area contributed by atoms with E-state index in [0.29, 0.717) is 19.0 Å². The van der Waals surface area contributed by atoms with Crippen LogP contribution in [0, 0.1) is 5.92 Å². The number of allylic oxidation sites excluding steroid dienone is 4. The Balaban J connectivity index is 2.01. The minimum atomic E-state index is -1.21. The van der Waals surface area contributed by atoms with Gasteiger partial charge in [0.2, 0.25) is 0 Å². The third-order valence-electron chi connectivity index (χ3n) is 5.88. The SMILES string of the molecule is C=C/C=C(\C=C\N1CCN(c2ccc(CNC(CC(=O)O)C(=O)O)cc2)C1=O)C(CC)CCC. The van der Waals surface area contributed by atoms with Crippen LogP contribution in [0.1, 0.15) is 45.1 Å². The maximum absolute atomic E-state index is 12.9. The van der Waals surface area contributed by atoms with Crippen LogP contribution in [0.3, 0.4) is 0 Å². The number of amides is 2. The predicted molar refractivity (Wildman–Crippen MR) is 133 cm³/mol. The minimum Gasteiger partial charge on any atom is -0.481 e. The number of nitrogens with one attached hydrogen (secondary N) is 1. The summed E-state index contributed by atoms with van der Waals surface area (Å²) in [4.78, 5) is 38.3. The van der Waals surface area contributed by atoms with Gasteiger partial charge in [0.25, 0.3) is 0 Å². The van der Waals surface area contributed by atoms with E-state index in [9.17, 15) is 14.4 Å². The summed E-state index contributed by atoms with van der Waals surface area (Å²) < 4.78 is 0. The second-order valence-corrected chi connectivity index (χ2v) is 8.28. The normalized spacial score (nSPS) is 16.2. The number of carboxylic acid groups (broad SMARTS) is 2. The van der Waals surface area contributed by atoms with E-state index in [-0.39, 0.29) is 12.6 Å². The first-order valence-corrected chi connectivity index (χ1v) is 11.7. The average molecular weight is 470 g/mol. The maximum atomic E-state index is 12.9. The molecule has 2 atom stereocenters. The third-order valence-corrected chi connectivity index (χ3v) is 5.88. The van der Waals surface area contributed by atoms with Crippen LogP contribution in [-0.4, -0.2) is 52.2 Å². The summed E-state index contributed by atoms with van der Waals surface area (Å²) in [6, 6.07) is 5.96. The number of hydrogen-bond donors (Lipinski definition) is 3. The molecule has 0 aromatic heterocycles. The molecule has 3 N–H and O–H groups in total. The standard InChI is InChI=1S/C26H35N3O5/c1-4-7-20(6-3)21(8-5-2)13-14-28-15-16-29(26(28)34)22-11-9-19(10-12-22)18-27-23(25(32)33)17-24(30)31/h5,8-14,20,23,27H,2,4,6-7,15-18H2,1,3H3,(H,30,31)(H,32,33)/b14-13+,21-8+. The van der Waals surface area contributed by atoms with Gasteiger partial charge < -0.3 is 10.2 Å². The Hall–Kier alpha value is -3.39. The van der Waals surface area contributed by atoms with Crippen LogP contribution in [0.25, 0.3) is 0 Å². The van der Waals surface area contributed by atoms with Crippen molar-refractivity contribution in [3.63, 3.8) is 0 Å². The molecule has 0 saturated carbocycles. The lowest BCUT2D eigenvalue weighted by atomic mass is 9.91. The summed E-state index contributed by atoms with van der Waals surface area (Å²) in [6.07, 6.45) is 10.4. The zero-order chi connectivity index (χ0) is 25.1. The number of benzene rings is 1. The number of carbonyl (C=O) groups is 3. The molecule has 1 saturated heterocycles. The third kappa shape index (κ3) is 7.59. The van der Waals surface area contributed by atoms with Gasteiger partial charge in [-0.05, 0) is 48.1 Å². The number of hydrogen-bond acceptors (Lipinski definition) is 4. The minimum absolute atomic E-state index is 0.101. The van der Waals surface area contributed by atoms with E-state index in [2.05, 4.69) is 25.7 Å². The lowest BCUT2D eigenvalue weighted by Gasteiger charge is -2.18. The van der Waals surface area contributed by atoms with Gasteiger partial charge >= 0.3 is 18.0 Å². The first kappa shape index (κ1) is 26.9. The Bertz CT molecular complexity index is 923. The van der Waals surface area contributed by atoms with Crippen molar-refractivity contribution in [1.82, 2.24) is 10.2 Å². The summed E-state index contributed by atoms with van der Waals surface area (Å²) in [6.45, 7) is 9.51. The molecule has 1 heterocycles. The molecule has 1 fully saturated rings. The highest BCUT2D eigenvalue weighted by Gasteiger charge is 2.28. The summed E-state index contributed by atoms with van der Waals surface area (Å²) in [5.74, 6) is -1.95. The molecule has 8 heteroatoms. The van der Waals surface area contributed by atoms with Crippen molar-refractivity contribution in [1.29, 1.82) is 0 Å². The number of urea groups is 1. The van der Waals surface area contributed by atoms with Crippen molar-refractivity contribution in [3.05, 3.63) is 66.4 Å². The van der Waals surface area contributed by atoms with Crippen LogP contribution < -0.4 is 10.2 Å². The van der Waals surface area contributed by atoms with Gasteiger partial charge in [0.05, 0.1) is 6.42 Å². The van der Waals surface area contributed by atoms with Gasteiger partial charge in [-0.1, -0.05) is 51.1 Å². The second kappa shape index (κ2) is 13.3. The van der Waals surface area contributed by atoms with Gasteiger partial charge in [0.15, 0.2) is 0 Å². The quantitative estimate of drug-likeness (QED) is 0.349. The molecule has 8 nitrogen and oxygen atoms in total. The van der Waals surface area contributed by atoms with Crippen LogP contribution in [-0.2, 0) is 16.1 Å². The molecule has 0 spiro atoms. The zero-order valence-corrected chi connectivity index (χ0v) is 19.9. The number of anilines is 1. The topological polar surface area (TPSA) is 110 Å². The van der Waals surface area contributed by atoms with Gasteiger partial charge in [-0.25, -0.2) is 4.79 Å². The largest absolute Gasteiger partial charge is 0.481 e. The van der Waals surface area contributed by atoms with Gasteiger partial charge in [0.1, 0.15) is 6.04 Å². The Kier molecular flexibility index (Phi) is 10.5. The van der Waals surface area contributed by atoms with Crippen molar-refractivity contribution >= 4 is 23.7 Å². The highest BCUT2D eigenvalue weighted by molar-refractivity contribution is 5.94. The van der Waals surface area contributed by atoms with Gasteiger partial charge in [-0.2, -0.15) is 0 Å². The summed E-state index contributed by atoms with van der Waals surface area (Å²) in [5.41, 5.74) is 2.72. The number of carboxylic acids is 2. The molecule has 2 rings (SSSR count). The number of nitrogens with zero attached hydrogens (tertiary/aromatic N) is 2. The fraction of sp³-hybridized carbons (Fsp3) is 0.423. The van der Waals surface area contributed by atoms with Crippen molar-refractivity contribution in [3.8, 4) is 0 Å². The summed E-state index contributed by atoms with van der Waals surface area (Å²) in [7, 11) is 0. The molecule has 184 valence electrons. The van der Waals surface area contributed by atoms with E-state index >= 15 is 0 Å². The van der Waals surface area contributed by atoms with E-state index < -0.39 is 24.4 Å². The van der Waals surface area contributed by atoms with Crippen molar-refractivity contribution in [2.24, 2.45) is 5.92 Å². The monoisotopic (exact) mass is 469 g/mol. The first-order valence-electron chi connectivity index (χ1n) is 11.7. The van der Waals surface area contributed by atoms with E-state index in [1.807, 2.05) is 30.5 Å². The molecule has 0 aliphatic carbocycles. The molecule has 1 aromatic carbocycles. The van der Waals surface area contributed by atoms with Crippen molar-refractivity contribution in [2.45, 2.75) is 52.1 Å². The van der Waals surface area contributed by atoms with Crippen LogP contribution in [0.2, 0.25) is 0 Å². The molecule has 0 bridgehead atoms. The van der Waals surface area contributed by atoms with Gasteiger partial charge in [-0.15, -0.1) is 0 Å². The van der Waals surface area contributed by atoms with Crippen molar-refractivity contribution < 1.29 is 24.6 Å². The van der Waals surface area contributed by atoms with Gasteiger partial charge in [0, 0.05) is 31.5 Å². The second-order valence-electron chi connectivity index (χ2n) is 8.28. The molecular formula is C26H35N3O5. The number of carbonyl (C=O) groups excluding carboxylic acids is 1. The molecule has 1 aromatic rings. The van der Waals surface area contributed by atoms with E-state index in [1.54, 1.807) is 28.0 Å². The molecule has 1 aliphatic heterocycles. The Labute approximate surface area is 201 Å². The van der Waals surface area contributed by atoms with Crippen LogP contribution in [0.5, 0.6) is 0 Å². The fourth-order valence-electron chi connectivity index (χ4n) is 3.98. The number of aliphatic carboxylic acids is 2. The fourth-order valence-corrected chi connectivity index (χ4v) is 3.98. The maximum Gasteiger partial charge on any atom is 0.328 e. The zero-order valence-electron chi connectivity index (χ0n) is 19.9. The van der Waals surface area contributed by atoms with Gasteiger partial charge in [-0.3, -0.25) is 24.7 Å². The van der Waals surface area contributed by atoms with Crippen LogP contribution >= 0.6 is 0 Å². The Morgan fingerprint density at radius 1 is 1.18 bits per heavy atom. The van der Waals surface area contributed by atoms with E-state index in [0.717, 1.165) is 30.5 Å². The average Bonchev–Trinajstić information content (AvgIpc) is 3.18. The van der Waals surface area contributed by atoms with Crippen LogP contribution in [0.4, 0.5) is 10.5 Å². The predicted octanol–water partition coefficient (Wildman–Crippen LogP) is 4.40. The lowest BCUT2D eigenvalue weighted by molar-refractivity contribution is -0.146. The summed E-state index contributed by atoms with van der Waals surface area (Å²) >= 11 is 0. The molecule has 2 unspecified atom stereocenters. The van der Waals surface area contributed by atoms with E-state index in [1.165, 1.54) is 5.57 Å². The number of rotatable bonds is 14. The lowest BCUT2D eigenvalue weighted by Crippen LogP contribution is -2.38. The summed E-state index contributed by atoms with van der Waals surface area (Å²) in [5, 5.41) is 20.7. The smallest absolute Gasteiger partial charge is 0.328 e. The Morgan fingerprint density at radius 2 is 1.88 bits per heavy atom. The molecular weight excluding hydrogens is 434 g/mol. The highest BCUT2D eigenvalue weighted by atomic mass is 16.4. The Morgan fingerprint density at radius 3 is 2.44 bits per heavy atom. The first-order chi connectivity index (χ1) is 16.3. The molecule has 1 aliphatic rings. The molecule has 0 radical (unpaired) electrons. The van der Waals surface area contributed by atoms with E-state index in [4.69, 9.17) is 10.2 Å². The molecule has 2 amide bonds. The van der Waals surface area contributed by atoms with Crippen LogP contribution in [0.15, 0.2) is 60.8 Å². The highest BCUT2D eigenvalue weighted by Crippen LogP contribution is 2.24.